The molecule has 1 saturated heterocycles. The number of hydrogen-bond donors (Lipinski definition) is 0. The molecule has 0 N–H and O–H groups in total. The Hall–Kier alpha value is -1.89. The summed E-state index contributed by atoms with van der Waals surface area (Å²) in [5, 5.41) is 0.437. The van der Waals surface area contributed by atoms with Crippen molar-refractivity contribution in [2.75, 3.05) is 6.54 Å². The van der Waals surface area contributed by atoms with Gasteiger partial charge in [0.2, 0.25) is 0 Å². The zero-order chi connectivity index (χ0) is 18.7. The average molecular weight is 408 g/mol. The van der Waals surface area contributed by atoms with Crippen LogP contribution >= 0.6 is 35.6 Å². The number of hydrogen-bond acceptors (Lipinski definition) is 4. The van der Waals surface area contributed by atoms with Gasteiger partial charge in [-0.3, -0.25) is 9.69 Å². The van der Waals surface area contributed by atoms with Gasteiger partial charge in [0.25, 0.3) is 5.91 Å². The van der Waals surface area contributed by atoms with Gasteiger partial charge in [-0.1, -0.05) is 53.8 Å². The summed E-state index contributed by atoms with van der Waals surface area (Å²) in [6, 6.07) is 11.4. The van der Waals surface area contributed by atoms with Crippen LogP contribution in [0.3, 0.4) is 0 Å². The Labute approximate surface area is 165 Å². The van der Waals surface area contributed by atoms with Crippen molar-refractivity contribution >= 4 is 51.9 Å². The first-order valence-electron chi connectivity index (χ1n) is 7.90. The van der Waals surface area contributed by atoms with Gasteiger partial charge in [0.1, 0.15) is 22.5 Å². The second-order valence-electron chi connectivity index (χ2n) is 5.53. The molecular formula is C19H15ClFNO2S2. The number of amides is 1. The minimum absolute atomic E-state index is 0.0877. The van der Waals surface area contributed by atoms with Crippen molar-refractivity contribution < 1.29 is 13.9 Å². The van der Waals surface area contributed by atoms with E-state index in [-0.39, 0.29) is 18.3 Å². The fraction of sp³-hybridized carbons (Fsp3) is 0.158. The Morgan fingerprint density at radius 2 is 2.00 bits per heavy atom. The highest BCUT2D eigenvalue weighted by molar-refractivity contribution is 8.26. The number of benzene rings is 2. The van der Waals surface area contributed by atoms with E-state index in [1.54, 1.807) is 35.2 Å². The van der Waals surface area contributed by atoms with Gasteiger partial charge >= 0.3 is 0 Å². The third kappa shape index (κ3) is 4.26. The molecule has 26 heavy (non-hydrogen) atoms. The SMILES string of the molecule is CCN1C(=O)/C(=C/c2ccc(OCc3ccc(F)cc3)c(Cl)c2)SC1=S. The van der Waals surface area contributed by atoms with Gasteiger partial charge in [0.05, 0.1) is 9.93 Å². The molecule has 1 amide bonds. The van der Waals surface area contributed by atoms with Crippen molar-refractivity contribution in [1.29, 1.82) is 0 Å². The standard InChI is InChI=1S/C19H15ClFNO2S2/c1-2-22-18(23)17(26-19(22)25)10-13-5-8-16(15(20)9-13)24-11-12-3-6-14(21)7-4-12/h3-10H,2,11H2,1H3/b17-10-. The predicted octanol–water partition coefficient (Wildman–Crippen LogP) is 5.28. The van der Waals surface area contributed by atoms with Crippen LogP contribution in [0, 0.1) is 5.82 Å². The summed E-state index contributed by atoms with van der Waals surface area (Å²) in [5.74, 6) is 0.147. The molecule has 2 aromatic carbocycles. The van der Waals surface area contributed by atoms with E-state index < -0.39 is 0 Å². The van der Waals surface area contributed by atoms with Crippen molar-refractivity contribution in [2.45, 2.75) is 13.5 Å². The van der Waals surface area contributed by atoms with E-state index in [1.165, 1.54) is 23.9 Å². The molecule has 0 aliphatic carbocycles. The molecule has 0 bridgehead atoms. The summed E-state index contributed by atoms with van der Waals surface area (Å²) in [7, 11) is 0. The molecule has 0 saturated carbocycles. The number of likely N-dealkylation sites (N-methyl/N-ethyl adjacent to an activating group) is 1. The van der Waals surface area contributed by atoms with E-state index in [0.717, 1.165) is 11.1 Å². The molecule has 7 heteroatoms. The Morgan fingerprint density at radius 3 is 2.62 bits per heavy atom. The van der Waals surface area contributed by atoms with E-state index in [0.29, 0.717) is 26.5 Å². The number of nitrogens with zero attached hydrogens (tertiary/aromatic N) is 1. The maximum absolute atomic E-state index is 12.9. The van der Waals surface area contributed by atoms with Gasteiger partial charge in [0.15, 0.2) is 0 Å². The maximum atomic E-state index is 12.9. The van der Waals surface area contributed by atoms with Crippen LogP contribution in [0.25, 0.3) is 6.08 Å². The lowest BCUT2D eigenvalue weighted by Gasteiger charge is -2.10. The third-order valence-corrected chi connectivity index (χ3v) is 5.42. The summed E-state index contributed by atoms with van der Waals surface area (Å²) in [4.78, 5) is 14.4. The Balaban J connectivity index is 1.71. The van der Waals surface area contributed by atoms with Crippen LogP contribution in [0.4, 0.5) is 4.39 Å². The molecule has 1 aliphatic heterocycles. The van der Waals surface area contributed by atoms with E-state index in [2.05, 4.69) is 0 Å². The molecule has 0 spiro atoms. The minimum Gasteiger partial charge on any atom is -0.487 e. The van der Waals surface area contributed by atoms with Crippen LogP contribution < -0.4 is 4.74 Å². The molecule has 134 valence electrons. The summed E-state index contributed by atoms with van der Waals surface area (Å²) < 4.78 is 19.2. The molecule has 2 aromatic rings. The topological polar surface area (TPSA) is 29.5 Å². The zero-order valence-corrected chi connectivity index (χ0v) is 16.3. The molecule has 1 fully saturated rings. The number of thioether (sulfide) groups is 1. The molecule has 0 radical (unpaired) electrons. The highest BCUT2D eigenvalue weighted by Gasteiger charge is 2.30. The summed E-state index contributed by atoms with van der Waals surface area (Å²) >= 11 is 12.8. The monoisotopic (exact) mass is 407 g/mol. The van der Waals surface area contributed by atoms with Crippen LogP contribution in [0.1, 0.15) is 18.1 Å². The van der Waals surface area contributed by atoms with Gasteiger partial charge in [-0.25, -0.2) is 4.39 Å². The lowest BCUT2D eigenvalue weighted by atomic mass is 10.2. The quantitative estimate of drug-likeness (QED) is 0.498. The lowest BCUT2D eigenvalue weighted by Crippen LogP contribution is -2.27. The largest absolute Gasteiger partial charge is 0.487 e. The van der Waals surface area contributed by atoms with Crippen LogP contribution in [-0.2, 0) is 11.4 Å². The number of halogens is 2. The van der Waals surface area contributed by atoms with Crippen LogP contribution in [0.2, 0.25) is 5.02 Å². The van der Waals surface area contributed by atoms with E-state index in [1.807, 2.05) is 13.0 Å². The van der Waals surface area contributed by atoms with Crippen molar-refractivity contribution in [1.82, 2.24) is 4.90 Å². The average Bonchev–Trinajstić information content (AvgIpc) is 2.88. The fourth-order valence-electron chi connectivity index (χ4n) is 2.39. The van der Waals surface area contributed by atoms with Crippen LogP contribution in [-0.4, -0.2) is 21.7 Å². The fourth-order valence-corrected chi connectivity index (χ4v) is 4.02. The molecule has 0 unspecified atom stereocenters. The van der Waals surface area contributed by atoms with Crippen LogP contribution in [0.5, 0.6) is 5.75 Å². The Morgan fingerprint density at radius 1 is 1.27 bits per heavy atom. The van der Waals surface area contributed by atoms with Gasteiger partial charge in [-0.15, -0.1) is 0 Å². The normalized spacial score (nSPS) is 15.8. The first-order valence-corrected chi connectivity index (χ1v) is 9.50. The smallest absolute Gasteiger partial charge is 0.266 e. The lowest BCUT2D eigenvalue weighted by molar-refractivity contribution is -0.121. The van der Waals surface area contributed by atoms with Gasteiger partial charge in [-0.05, 0) is 48.4 Å². The second kappa shape index (κ2) is 8.20. The van der Waals surface area contributed by atoms with E-state index in [4.69, 9.17) is 28.6 Å². The highest BCUT2D eigenvalue weighted by atomic mass is 35.5. The Kier molecular flexibility index (Phi) is 5.96. The van der Waals surface area contributed by atoms with Crippen molar-refractivity contribution in [2.24, 2.45) is 0 Å². The Bertz CT molecular complexity index is 884. The molecular weight excluding hydrogens is 393 g/mol. The van der Waals surface area contributed by atoms with E-state index >= 15 is 0 Å². The predicted molar refractivity (Wildman–Crippen MR) is 108 cm³/mol. The van der Waals surface area contributed by atoms with Crippen molar-refractivity contribution in [3.8, 4) is 5.75 Å². The van der Waals surface area contributed by atoms with Gasteiger partial charge in [-0.2, -0.15) is 0 Å². The minimum atomic E-state index is -0.287. The second-order valence-corrected chi connectivity index (χ2v) is 7.61. The first-order chi connectivity index (χ1) is 12.5. The van der Waals surface area contributed by atoms with Crippen molar-refractivity contribution in [3.05, 3.63) is 69.3 Å². The molecule has 0 aromatic heterocycles. The molecule has 3 rings (SSSR count). The zero-order valence-electron chi connectivity index (χ0n) is 13.9. The summed E-state index contributed by atoms with van der Waals surface area (Å²) in [6.07, 6.45) is 1.77. The number of ether oxygens (including phenoxy) is 1. The molecule has 1 aliphatic rings. The van der Waals surface area contributed by atoms with Crippen LogP contribution in [0.15, 0.2) is 47.4 Å². The summed E-state index contributed by atoms with van der Waals surface area (Å²) in [6.45, 7) is 2.73. The highest BCUT2D eigenvalue weighted by Crippen LogP contribution is 2.34. The van der Waals surface area contributed by atoms with Gasteiger partial charge in [0, 0.05) is 6.54 Å². The molecule has 1 heterocycles. The molecule has 0 atom stereocenters. The summed E-state index contributed by atoms with van der Waals surface area (Å²) in [5.41, 5.74) is 1.63. The number of rotatable bonds is 5. The third-order valence-electron chi connectivity index (χ3n) is 3.75. The van der Waals surface area contributed by atoms with Crippen molar-refractivity contribution in [3.63, 3.8) is 0 Å². The number of thiocarbonyl (C=S) groups is 1. The molecule has 3 nitrogen and oxygen atoms in total. The number of carbonyl (C=O) groups excluding carboxylic acids is 1. The van der Waals surface area contributed by atoms with Gasteiger partial charge < -0.3 is 4.74 Å². The number of carbonyl (C=O) groups is 1. The van der Waals surface area contributed by atoms with E-state index in [9.17, 15) is 9.18 Å². The maximum Gasteiger partial charge on any atom is 0.266 e. The first kappa shape index (κ1) is 18.9.